The van der Waals surface area contributed by atoms with Crippen LogP contribution in [0.2, 0.25) is 0 Å². The second-order valence-corrected chi connectivity index (χ2v) is 2.97. The van der Waals surface area contributed by atoms with Gasteiger partial charge in [-0.1, -0.05) is 0 Å². The Bertz CT molecular complexity index is 352. The molecule has 0 aromatic heterocycles. The van der Waals surface area contributed by atoms with Gasteiger partial charge in [-0.25, -0.2) is 4.39 Å². The van der Waals surface area contributed by atoms with Crippen LogP contribution < -0.4 is 10.5 Å². The molecule has 4 heteroatoms. The number of ketones is 1. The first kappa shape index (κ1) is 10.7. The minimum Gasteiger partial charge on any atom is -0.496 e. The highest BCUT2D eigenvalue weighted by Gasteiger charge is 2.16. The van der Waals surface area contributed by atoms with Crippen LogP contribution in [-0.4, -0.2) is 12.9 Å². The SMILES string of the molecule is COc1ccc(F)cc1C(N)C(C)=O. The Morgan fingerprint density at radius 1 is 1.57 bits per heavy atom. The van der Waals surface area contributed by atoms with E-state index in [9.17, 15) is 9.18 Å². The summed E-state index contributed by atoms with van der Waals surface area (Å²) in [7, 11) is 1.45. The van der Waals surface area contributed by atoms with Crippen molar-refractivity contribution in [3.05, 3.63) is 29.6 Å². The number of carbonyl (C=O) groups is 1. The molecule has 1 atom stereocenters. The highest BCUT2D eigenvalue weighted by molar-refractivity contribution is 5.83. The van der Waals surface area contributed by atoms with Crippen LogP contribution in [0.1, 0.15) is 18.5 Å². The van der Waals surface area contributed by atoms with E-state index in [4.69, 9.17) is 10.5 Å². The van der Waals surface area contributed by atoms with Crippen LogP contribution in [0.4, 0.5) is 4.39 Å². The van der Waals surface area contributed by atoms with Crippen molar-refractivity contribution in [3.8, 4) is 5.75 Å². The minimum absolute atomic E-state index is 0.228. The zero-order valence-electron chi connectivity index (χ0n) is 8.08. The lowest BCUT2D eigenvalue weighted by atomic mass is 10.0. The number of methoxy groups -OCH3 is 1. The van der Waals surface area contributed by atoms with Crippen molar-refractivity contribution in [2.45, 2.75) is 13.0 Å². The van der Waals surface area contributed by atoms with Gasteiger partial charge in [0, 0.05) is 5.56 Å². The van der Waals surface area contributed by atoms with Gasteiger partial charge in [-0.05, 0) is 25.1 Å². The Kier molecular flexibility index (Phi) is 3.19. The number of rotatable bonds is 3. The van der Waals surface area contributed by atoms with Crippen LogP contribution in [0.25, 0.3) is 0 Å². The van der Waals surface area contributed by atoms with Gasteiger partial charge >= 0.3 is 0 Å². The normalized spacial score (nSPS) is 12.3. The second-order valence-electron chi connectivity index (χ2n) is 2.97. The highest BCUT2D eigenvalue weighted by Crippen LogP contribution is 2.24. The zero-order valence-corrected chi connectivity index (χ0v) is 8.08. The lowest BCUT2D eigenvalue weighted by Gasteiger charge is -2.12. The Morgan fingerprint density at radius 2 is 2.21 bits per heavy atom. The van der Waals surface area contributed by atoms with Gasteiger partial charge in [-0.15, -0.1) is 0 Å². The van der Waals surface area contributed by atoms with E-state index in [0.717, 1.165) is 0 Å². The number of hydrogen-bond acceptors (Lipinski definition) is 3. The van der Waals surface area contributed by atoms with Crippen LogP contribution in [0.3, 0.4) is 0 Å². The molecule has 1 unspecified atom stereocenters. The number of ether oxygens (including phenoxy) is 1. The molecule has 2 N–H and O–H groups in total. The Hall–Kier alpha value is -1.42. The van der Waals surface area contributed by atoms with Crippen LogP contribution in [-0.2, 0) is 4.79 Å². The summed E-state index contributed by atoms with van der Waals surface area (Å²) in [5, 5.41) is 0. The average Bonchev–Trinajstić information content (AvgIpc) is 2.16. The predicted molar refractivity (Wildman–Crippen MR) is 50.6 cm³/mol. The molecule has 1 rings (SSSR count). The Morgan fingerprint density at radius 3 is 2.71 bits per heavy atom. The second kappa shape index (κ2) is 4.19. The number of halogens is 1. The maximum atomic E-state index is 12.9. The topological polar surface area (TPSA) is 52.3 Å². The maximum Gasteiger partial charge on any atom is 0.151 e. The molecule has 0 aliphatic rings. The molecule has 1 aromatic carbocycles. The van der Waals surface area contributed by atoms with Crippen molar-refractivity contribution in [3.63, 3.8) is 0 Å². The fourth-order valence-electron chi connectivity index (χ4n) is 1.17. The van der Waals surface area contributed by atoms with Crippen molar-refractivity contribution >= 4 is 5.78 Å². The highest BCUT2D eigenvalue weighted by atomic mass is 19.1. The van der Waals surface area contributed by atoms with Crippen LogP contribution in [0.15, 0.2) is 18.2 Å². The van der Waals surface area contributed by atoms with Gasteiger partial charge < -0.3 is 10.5 Å². The monoisotopic (exact) mass is 197 g/mol. The van der Waals surface area contributed by atoms with Crippen LogP contribution in [0.5, 0.6) is 5.75 Å². The van der Waals surface area contributed by atoms with Gasteiger partial charge in [0.25, 0.3) is 0 Å². The van der Waals surface area contributed by atoms with Gasteiger partial charge in [0.05, 0.1) is 13.2 Å². The molecule has 0 saturated heterocycles. The molecule has 0 heterocycles. The van der Waals surface area contributed by atoms with Gasteiger partial charge in [-0.2, -0.15) is 0 Å². The zero-order chi connectivity index (χ0) is 10.7. The molecule has 0 radical (unpaired) electrons. The summed E-state index contributed by atoms with van der Waals surface area (Å²) in [5.74, 6) is -0.236. The van der Waals surface area contributed by atoms with Crippen LogP contribution >= 0.6 is 0 Å². The van der Waals surface area contributed by atoms with Crippen molar-refractivity contribution in [1.29, 1.82) is 0 Å². The average molecular weight is 197 g/mol. The fraction of sp³-hybridized carbons (Fsp3) is 0.300. The summed E-state index contributed by atoms with van der Waals surface area (Å²) in [4.78, 5) is 11.0. The number of hydrogen-bond donors (Lipinski definition) is 1. The molecule has 1 aromatic rings. The molecule has 0 aliphatic heterocycles. The van der Waals surface area contributed by atoms with Crippen molar-refractivity contribution in [2.75, 3.05) is 7.11 Å². The summed E-state index contributed by atoms with van der Waals surface area (Å²) < 4.78 is 17.9. The van der Waals surface area contributed by atoms with E-state index in [1.807, 2.05) is 0 Å². The first-order chi connectivity index (χ1) is 6.56. The summed E-state index contributed by atoms with van der Waals surface area (Å²) in [6.07, 6.45) is 0. The van der Waals surface area contributed by atoms with Crippen molar-refractivity contribution in [2.24, 2.45) is 5.73 Å². The Labute approximate surface area is 81.7 Å². The lowest BCUT2D eigenvalue weighted by Crippen LogP contribution is -2.19. The third-order valence-corrected chi connectivity index (χ3v) is 1.96. The molecule has 0 fully saturated rings. The van der Waals surface area contributed by atoms with Crippen LogP contribution in [0, 0.1) is 5.82 Å². The number of nitrogens with two attached hydrogens (primary N) is 1. The number of benzene rings is 1. The molecule has 76 valence electrons. The number of carbonyl (C=O) groups excluding carboxylic acids is 1. The van der Waals surface area contributed by atoms with Crippen molar-refractivity contribution in [1.82, 2.24) is 0 Å². The molecular weight excluding hydrogens is 185 g/mol. The summed E-state index contributed by atoms with van der Waals surface area (Å²) >= 11 is 0. The first-order valence-electron chi connectivity index (χ1n) is 4.15. The summed E-state index contributed by atoms with van der Waals surface area (Å²) in [6, 6.07) is 3.09. The molecule has 0 spiro atoms. The van der Waals surface area contributed by atoms with E-state index in [0.29, 0.717) is 11.3 Å². The molecule has 14 heavy (non-hydrogen) atoms. The largest absolute Gasteiger partial charge is 0.496 e. The fourth-order valence-corrected chi connectivity index (χ4v) is 1.17. The smallest absolute Gasteiger partial charge is 0.151 e. The first-order valence-corrected chi connectivity index (χ1v) is 4.15. The molecule has 0 bridgehead atoms. The maximum absolute atomic E-state index is 12.9. The molecule has 3 nitrogen and oxygen atoms in total. The quantitative estimate of drug-likeness (QED) is 0.797. The van der Waals surface area contributed by atoms with E-state index >= 15 is 0 Å². The standard InChI is InChI=1S/C10H12FNO2/c1-6(13)10(12)8-5-7(11)3-4-9(8)14-2/h3-5,10H,12H2,1-2H3. The van der Waals surface area contributed by atoms with Gasteiger partial charge in [0.15, 0.2) is 5.78 Å². The minimum atomic E-state index is -0.833. The molecule has 0 aliphatic carbocycles. The van der Waals surface area contributed by atoms with Crippen molar-refractivity contribution < 1.29 is 13.9 Å². The Balaban J connectivity index is 3.16. The van der Waals surface area contributed by atoms with E-state index in [2.05, 4.69) is 0 Å². The predicted octanol–water partition coefficient (Wildman–Crippen LogP) is 1.42. The van der Waals surface area contributed by atoms with Gasteiger partial charge in [0.2, 0.25) is 0 Å². The van der Waals surface area contributed by atoms with E-state index < -0.39 is 11.9 Å². The van der Waals surface area contributed by atoms with E-state index in [-0.39, 0.29) is 5.78 Å². The lowest BCUT2D eigenvalue weighted by molar-refractivity contribution is -0.118. The van der Waals surface area contributed by atoms with E-state index in [1.54, 1.807) is 0 Å². The van der Waals surface area contributed by atoms with Gasteiger partial charge in [-0.3, -0.25) is 4.79 Å². The van der Waals surface area contributed by atoms with E-state index in [1.165, 1.54) is 32.2 Å². The summed E-state index contributed by atoms with van der Waals surface area (Å²) in [6.45, 7) is 1.36. The molecular formula is C10H12FNO2. The third-order valence-electron chi connectivity index (χ3n) is 1.96. The molecule has 0 amide bonds. The molecule has 0 saturated carbocycles. The summed E-state index contributed by atoms with van der Waals surface area (Å²) in [5.41, 5.74) is 5.96. The van der Waals surface area contributed by atoms with Gasteiger partial charge in [0.1, 0.15) is 11.6 Å². The third kappa shape index (κ3) is 2.09. The number of Topliss-reactive ketones (excluding diaryl/α,β-unsaturated/α-hetero) is 1.